The molecule has 1 aromatic rings. The average Bonchev–Trinajstić information content (AvgIpc) is 2.48. The Morgan fingerprint density at radius 3 is 2.59 bits per heavy atom. The molecule has 0 atom stereocenters. The maximum absolute atomic E-state index is 10.3. The molecule has 0 radical (unpaired) electrons. The van der Waals surface area contributed by atoms with E-state index in [1.165, 1.54) is 17.0 Å². The number of carboxylic acids is 1. The van der Waals surface area contributed by atoms with Crippen molar-refractivity contribution in [3.63, 3.8) is 0 Å². The highest BCUT2D eigenvalue weighted by Gasteiger charge is 2.11. The molecular weight excluding hydrogens is 218 g/mol. The van der Waals surface area contributed by atoms with Crippen LogP contribution in [0.3, 0.4) is 0 Å². The molecule has 1 aromatic heterocycles. The zero-order valence-corrected chi connectivity index (χ0v) is 11.0. The molecule has 96 valence electrons. The van der Waals surface area contributed by atoms with Crippen molar-refractivity contribution >= 4 is 5.97 Å². The summed E-state index contributed by atoms with van der Waals surface area (Å²) in [5, 5.41) is 8.46. The number of carbonyl (C=O) groups is 1. The molecule has 0 aromatic carbocycles. The summed E-state index contributed by atoms with van der Waals surface area (Å²) >= 11 is 0. The second-order valence-electron chi connectivity index (χ2n) is 4.56. The van der Waals surface area contributed by atoms with Crippen molar-refractivity contribution in [3.05, 3.63) is 23.0 Å². The minimum Gasteiger partial charge on any atom is -0.480 e. The quantitative estimate of drug-likeness (QED) is 0.775. The molecule has 4 nitrogen and oxygen atoms in total. The summed E-state index contributed by atoms with van der Waals surface area (Å²) in [4.78, 5) is 10.3. The van der Waals surface area contributed by atoms with Gasteiger partial charge in [0.15, 0.2) is 0 Å². The topological polar surface area (TPSA) is 51.5 Å². The second-order valence-corrected chi connectivity index (χ2v) is 4.56. The third-order valence-electron chi connectivity index (χ3n) is 2.85. The van der Waals surface area contributed by atoms with Crippen molar-refractivity contribution < 1.29 is 14.6 Å². The Labute approximate surface area is 102 Å². The van der Waals surface area contributed by atoms with Gasteiger partial charge in [-0.3, -0.25) is 0 Å². The number of hydrogen-bond donors (Lipinski definition) is 1. The molecule has 0 bridgehead atoms. The first-order chi connectivity index (χ1) is 7.93. The van der Waals surface area contributed by atoms with Crippen LogP contribution in [0.15, 0.2) is 6.07 Å². The molecule has 0 unspecified atom stereocenters. The molecule has 0 spiro atoms. The van der Waals surface area contributed by atoms with Crippen LogP contribution < -0.4 is 0 Å². The molecule has 0 aliphatic rings. The van der Waals surface area contributed by atoms with E-state index in [-0.39, 0.29) is 6.61 Å². The van der Waals surface area contributed by atoms with Crippen molar-refractivity contribution in [2.45, 2.75) is 40.2 Å². The van der Waals surface area contributed by atoms with Gasteiger partial charge in [-0.2, -0.15) is 0 Å². The van der Waals surface area contributed by atoms with E-state index in [1.54, 1.807) is 0 Å². The van der Waals surface area contributed by atoms with Gasteiger partial charge in [0.1, 0.15) is 6.61 Å². The Kier molecular flexibility index (Phi) is 4.75. The van der Waals surface area contributed by atoms with Crippen LogP contribution in [0.1, 0.15) is 36.8 Å². The molecule has 1 N–H and O–H groups in total. The normalized spacial score (nSPS) is 11.1. The van der Waals surface area contributed by atoms with Crippen LogP contribution in [-0.2, 0) is 16.0 Å². The monoisotopic (exact) mass is 239 g/mol. The van der Waals surface area contributed by atoms with Crippen LogP contribution in [0.25, 0.3) is 0 Å². The van der Waals surface area contributed by atoms with E-state index in [1.807, 2.05) is 0 Å². The predicted molar refractivity (Wildman–Crippen MR) is 66.4 cm³/mol. The fraction of sp³-hybridized carbons (Fsp3) is 0.615. The van der Waals surface area contributed by atoms with Crippen LogP contribution in [0, 0.1) is 13.8 Å². The number of hydrogen-bond acceptors (Lipinski definition) is 2. The maximum atomic E-state index is 10.3. The Morgan fingerprint density at radius 1 is 1.47 bits per heavy atom. The summed E-state index contributed by atoms with van der Waals surface area (Å²) in [6, 6.07) is 2.60. The van der Waals surface area contributed by atoms with E-state index in [0.717, 1.165) is 6.42 Å². The third kappa shape index (κ3) is 3.60. The number of aliphatic carboxylic acids is 1. The first-order valence-corrected chi connectivity index (χ1v) is 5.90. The molecule has 0 saturated carbocycles. The lowest BCUT2D eigenvalue weighted by molar-refractivity contribution is -0.142. The predicted octanol–water partition coefficient (Wildman–Crippen LogP) is 2.33. The summed E-state index contributed by atoms with van der Waals surface area (Å²) in [6.45, 7) is 8.74. The van der Waals surface area contributed by atoms with Crippen molar-refractivity contribution in [1.82, 2.24) is 4.57 Å². The minimum atomic E-state index is -0.919. The van der Waals surface area contributed by atoms with Gasteiger partial charge >= 0.3 is 5.97 Å². The van der Waals surface area contributed by atoms with Gasteiger partial charge in [0, 0.05) is 17.4 Å². The first-order valence-electron chi connectivity index (χ1n) is 5.90. The molecule has 4 heteroatoms. The van der Waals surface area contributed by atoms with Gasteiger partial charge in [-0.25, -0.2) is 4.79 Å². The fourth-order valence-corrected chi connectivity index (χ4v) is 2.23. The zero-order valence-electron chi connectivity index (χ0n) is 11.0. The number of aromatic nitrogens is 1. The van der Waals surface area contributed by atoms with E-state index in [4.69, 9.17) is 9.84 Å². The van der Waals surface area contributed by atoms with Crippen molar-refractivity contribution in [2.75, 3.05) is 13.2 Å². The third-order valence-corrected chi connectivity index (χ3v) is 2.85. The highest BCUT2D eigenvalue weighted by Crippen LogP contribution is 2.20. The maximum Gasteiger partial charge on any atom is 0.329 e. The van der Waals surface area contributed by atoms with Crippen LogP contribution in [0.4, 0.5) is 0 Å². The lowest BCUT2D eigenvalue weighted by Crippen LogP contribution is -2.09. The Morgan fingerprint density at radius 2 is 2.12 bits per heavy atom. The van der Waals surface area contributed by atoms with E-state index < -0.39 is 5.97 Å². The Hall–Kier alpha value is -1.29. The van der Waals surface area contributed by atoms with Crippen LogP contribution >= 0.6 is 0 Å². The fourth-order valence-electron chi connectivity index (χ4n) is 2.23. The van der Waals surface area contributed by atoms with Crippen molar-refractivity contribution in [2.24, 2.45) is 0 Å². The number of ether oxygens (including phenoxy) is 1. The van der Waals surface area contributed by atoms with Crippen molar-refractivity contribution in [3.8, 4) is 0 Å². The summed E-state index contributed by atoms with van der Waals surface area (Å²) in [5.74, 6) is -0.919. The van der Waals surface area contributed by atoms with Gasteiger partial charge in [0.2, 0.25) is 0 Å². The minimum absolute atomic E-state index is 0.219. The van der Waals surface area contributed by atoms with Crippen LogP contribution in [0.5, 0.6) is 0 Å². The molecule has 0 amide bonds. The number of rotatable bonds is 6. The van der Waals surface area contributed by atoms with E-state index in [2.05, 4.69) is 38.3 Å². The largest absolute Gasteiger partial charge is 0.480 e. The Balaban J connectivity index is 2.60. The lowest BCUT2D eigenvalue weighted by Gasteiger charge is -2.13. The average molecular weight is 239 g/mol. The van der Waals surface area contributed by atoms with Gasteiger partial charge in [-0.15, -0.1) is 0 Å². The molecule has 1 heterocycles. The summed E-state index contributed by atoms with van der Waals surface area (Å²) in [7, 11) is 0. The van der Waals surface area contributed by atoms with E-state index in [9.17, 15) is 4.79 Å². The van der Waals surface area contributed by atoms with Crippen molar-refractivity contribution in [1.29, 1.82) is 0 Å². The van der Waals surface area contributed by atoms with Gasteiger partial charge in [-0.05, 0) is 45.7 Å². The molecule has 0 aliphatic heterocycles. The lowest BCUT2D eigenvalue weighted by atomic mass is 10.2. The smallest absolute Gasteiger partial charge is 0.329 e. The molecule has 0 fully saturated rings. The molecule has 0 aliphatic carbocycles. The van der Waals surface area contributed by atoms with Gasteiger partial charge in [-0.1, -0.05) is 0 Å². The highest BCUT2D eigenvalue weighted by molar-refractivity contribution is 5.67. The standard InChI is InChI=1S/C13H21NO3/c1-9(2)14-10(3)7-12(11(14)4)5-6-17-8-13(15)16/h7,9H,5-6,8H2,1-4H3,(H,15,16). The number of aryl methyl sites for hydroxylation is 1. The summed E-state index contributed by atoms with van der Waals surface area (Å²) in [5.41, 5.74) is 3.73. The summed E-state index contributed by atoms with van der Waals surface area (Å²) < 4.78 is 7.34. The second kappa shape index (κ2) is 5.87. The van der Waals surface area contributed by atoms with Gasteiger partial charge in [0.05, 0.1) is 6.61 Å². The number of nitrogens with zero attached hydrogens (tertiary/aromatic N) is 1. The van der Waals surface area contributed by atoms with Gasteiger partial charge < -0.3 is 14.4 Å². The zero-order chi connectivity index (χ0) is 13.0. The molecular formula is C13H21NO3. The van der Waals surface area contributed by atoms with E-state index >= 15 is 0 Å². The molecule has 1 rings (SSSR count). The first kappa shape index (κ1) is 13.8. The van der Waals surface area contributed by atoms with E-state index in [0.29, 0.717) is 12.6 Å². The SMILES string of the molecule is Cc1cc(CCOCC(=O)O)c(C)n1C(C)C. The van der Waals surface area contributed by atoms with Gasteiger partial charge in [0.25, 0.3) is 0 Å². The van der Waals surface area contributed by atoms with Crippen LogP contribution in [0.2, 0.25) is 0 Å². The molecule has 17 heavy (non-hydrogen) atoms. The number of carboxylic acid groups (broad SMARTS) is 1. The van der Waals surface area contributed by atoms with Crippen LogP contribution in [-0.4, -0.2) is 28.9 Å². The Bertz CT molecular complexity index is 394. The summed E-state index contributed by atoms with van der Waals surface area (Å²) in [6.07, 6.45) is 0.764. The highest BCUT2D eigenvalue weighted by atomic mass is 16.5. The molecule has 0 saturated heterocycles.